The minimum absolute atomic E-state index is 0.297. The van der Waals surface area contributed by atoms with Crippen LogP contribution in [0, 0.1) is 0 Å². The van der Waals surface area contributed by atoms with Crippen molar-refractivity contribution in [1.82, 2.24) is 9.88 Å². The lowest BCUT2D eigenvalue weighted by Gasteiger charge is -2.30. The van der Waals surface area contributed by atoms with Gasteiger partial charge in [-0.3, -0.25) is 9.69 Å². The molecule has 4 heteroatoms. The zero-order valence-corrected chi connectivity index (χ0v) is 14.1. The molecule has 0 saturated heterocycles. The van der Waals surface area contributed by atoms with E-state index in [1.54, 1.807) is 0 Å². The molecule has 0 aliphatic heterocycles. The fourth-order valence-corrected chi connectivity index (χ4v) is 2.99. The van der Waals surface area contributed by atoms with Gasteiger partial charge in [0.25, 0.3) is 0 Å². The molecule has 0 fully saturated rings. The Morgan fingerprint density at radius 1 is 1.23 bits per heavy atom. The molecule has 0 aliphatic rings. The number of hydrogen-bond donors (Lipinski definition) is 1. The monoisotopic (exact) mass is 302 g/mol. The van der Waals surface area contributed by atoms with Crippen LogP contribution in [0.2, 0.25) is 0 Å². The zero-order valence-electron chi connectivity index (χ0n) is 14.1. The summed E-state index contributed by atoms with van der Waals surface area (Å²) in [7, 11) is 0. The summed E-state index contributed by atoms with van der Waals surface area (Å²) in [5.74, 6) is 0.301. The Morgan fingerprint density at radius 3 is 2.50 bits per heavy atom. The van der Waals surface area contributed by atoms with Gasteiger partial charge in [0.05, 0.1) is 5.52 Å². The van der Waals surface area contributed by atoms with Crippen molar-refractivity contribution in [3.05, 3.63) is 30.0 Å². The number of esters is 1. The van der Waals surface area contributed by atoms with Gasteiger partial charge in [-0.15, -0.1) is 0 Å². The van der Waals surface area contributed by atoms with Crippen LogP contribution in [0.4, 0.5) is 0 Å². The maximum absolute atomic E-state index is 11.2. The van der Waals surface area contributed by atoms with Gasteiger partial charge in [-0.05, 0) is 45.7 Å². The molecule has 0 unspecified atom stereocenters. The Bertz CT molecular complexity index is 636. The van der Waals surface area contributed by atoms with E-state index in [9.17, 15) is 4.79 Å². The highest BCUT2D eigenvalue weighted by Crippen LogP contribution is 2.28. The number of H-pyrrole nitrogens is 1. The van der Waals surface area contributed by atoms with E-state index in [-0.39, 0.29) is 5.97 Å². The van der Waals surface area contributed by atoms with Crippen LogP contribution in [0.1, 0.15) is 40.2 Å². The Labute approximate surface area is 132 Å². The van der Waals surface area contributed by atoms with E-state index >= 15 is 0 Å². The molecule has 2 rings (SSSR count). The minimum atomic E-state index is -0.297. The third-order valence-corrected chi connectivity index (χ3v) is 3.98. The second-order valence-electron chi connectivity index (χ2n) is 6.26. The van der Waals surface area contributed by atoms with Crippen molar-refractivity contribution >= 4 is 16.9 Å². The molecule has 0 bridgehead atoms. The summed E-state index contributed by atoms with van der Waals surface area (Å²) in [6.07, 6.45) is 3.00. The average Bonchev–Trinajstić information content (AvgIpc) is 2.82. The van der Waals surface area contributed by atoms with Crippen LogP contribution in [0.25, 0.3) is 10.9 Å². The molecule has 0 amide bonds. The minimum Gasteiger partial charge on any atom is -0.424 e. The predicted molar refractivity (Wildman–Crippen MR) is 90.3 cm³/mol. The fraction of sp³-hybridized carbons (Fsp3) is 0.500. The second-order valence-corrected chi connectivity index (χ2v) is 6.26. The molecule has 0 spiro atoms. The molecule has 2 aromatic rings. The Hall–Kier alpha value is -1.81. The Kier molecular flexibility index (Phi) is 5.24. The van der Waals surface area contributed by atoms with Crippen LogP contribution in [-0.2, 0) is 11.2 Å². The first-order valence-corrected chi connectivity index (χ1v) is 7.93. The van der Waals surface area contributed by atoms with Crippen LogP contribution < -0.4 is 4.74 Å². The largest absolute Gasteiger partial charge is 0.424 e. The lowest BCUT2D eigenvalue weighted by molar-refractivity contribution is -0.131. The average molecular weight is 302 g/mol. The standard InChI is InChI=1S/C18H26N2O2/c1-12(2)20(13(3)4)10-9-15-11-19-18-16(15)7-6-8-17(18)22-14(5)21/h6-8,11-13,19H,9-10H2,1-5H3. The SMILES string of the molecule is CC(=O)Oc1cccc2c(CCN(C(C)C)C(C)C)c[nH]c12. The quantitative estimate of drug-likeness (QED) is 0.653. The van der Waals surface area contributed by atoms with Crippen molar-refractivity contribution < 1.29 is 9.53 Å². The molecular weight excluding hydrogens is 276 g/mol. The highest BCUT2D eigenvalue weighted by molar-refractivity contribution is 5.90. The van der Waals surface area contributed by atoms with Gasteiger partial charge >= 0.3 is 5.97 Å². The van der Waals surface area contributed by atoms with E-state index in [2.05, 4.69) is 43.6 Å². The van der Waals surface area contributed by atoms with Crippen molar-refractivity contribution in [2.24, 2.45) is 0 Å². The number of carbonyl (C=O) groups excluding carboxylic acids is 1. The number of ether oxygens (including phenoxy) is 1. The van der Waals surface area contributed by atoms with Gasteiger partial charge in [0.15, 0.2) is 5.75 Å². The van der Waals surface area contributed by atoms with E-state index < -0.39 is 0 Å². The van der Waals surface area contributed by atoms with Crippen molar-refractivity contribution in [3.8, 4) is 5.75 Å². The number of aromatic nitrogens is 1. The molecule has 120 valence electrons. The van der Waals surface area contributed by atoms with Crippen molar-refractivity contribution in [3.63, 3.8) is 0 Å². The van der Waals surface area contributed by atoms with Crippen LogP contribution in [-0.4, -0.2) is 34.5 Å². The van der Waals surface area contributed by atoms with E-state index in [0.717, 1.165) is 23.9 Å². The molecule has 0 aliphatic carbocycles. The van der Waals surface area contributed by atoms with Crippen LogP contribution in [0.15, 0.2) is 24.4 Å². The first kappa shape index (κ1) is 16.6. The van der Waals surface area contributed by atoms with Gasteiger partial charge in [-0.1, -0.05) is 12.1 Å². The number of benzene rings is 1. The summed E-state index contributed by atoms with van der Waals surface area (Å²) in [6, 6.07) is 6.88. The molecule has 0 saturated carbocycles. The third kappa shape index (κ3) is 3.69. The van der Waals surface area contributed by atoms with Crippen molar-refractivity contribution in [2.45, 2.75) is 53.1 Å². The molecule has 1 aromatic carbocycles. The molecule has 0 radical (unpaired) electrons. The zero-order chi connectivity index (χ0) is 16.3. The van der Waals surface area contributed by atoms with Gasteiger partial charge in [-0.2, -0.15) is 0 Å². The third-order valence-electron chi connectivity index (χ3n) is 3.98. The van der Waals surface area contributed by atoms with E-state index in [1.165, 1.54) is 12.5 Å². The van der Waals surface area contributed by atoms with Gasteiger partial charge in [0.1, 0.15) is 0 Å². The number of nitrogens with one attached hydrogen (secondary N) is 1. The number of nitrogens with zero attached hydrogens (tertiary/aromatic N) is 1. The van der Waals surface area contributed by atoms with E-state index in [4.69, 9.17) is 4.74 Å². The molecule has 0 atom stereocenters. The van der Waals surface area contributed by atoms with E-state index in [1.807, 2.05) is 18.3 Å². The molecule has 1 heterocycles. The highest BCUT2D eigenvalue weighted by Gasteiger charge is 2.15. The van der Waals surface area contributed by atoms with Gasteiger partial charge in [-0.25, -0.2) is 0 Å². The first-order valence-electron chi connectivity index (χ1n) is 7.93. The number of aromatic amines is 1. The van der Waals surface area contributed by atoms with Crippen LogP contribution >= 0.6 is 0 Å². The number of fused-ring (bicyclic) bond motifs is 1. The summed E-state index contributed by atoms with van der Waals surface area (Å²) < 4.78 is 5.26. The molecule has 22 heavy (non-hydrogen) atoms. The topological polar surface area (TPSA) is 45.3 Å². The second kappa shape index (κ2) is 6.97. The van der Waals surface area contributed by atoms with E-state index in [0.29, 0.717) is 17.8 Å². The van der Waals surface area contributed by atoms with Gasteiger partial charge in [0.2, 0.25) is 0 Å². The number of hydrogen-bond acceptors (Lipinski definition) is 3. The molecule has 1 N–H and O–H groups in total. The first-order chi connectivity index (χ1) is 10.4. The van der Waals surface area contributed by atoms with Gasteiger partial charge in [0, 0.05) is 37.1 Å². The number of rotatable bonds is 6. The van der Waals surface area contributed by atoms with Crippen molar-refractivity contribution in [2.75, 3.05) is 6.54 Å². The molecule has 1 aromatic heterocycles. The lowest BCUT2D eigenvalue weighted by Crippen LogP contribution is -2.38. The van der Waals surface area contributed by atoms with Gasteiger partial charge < -0.3 is 9.72 Å². The summed E-state index contributed by atoms with van der Waals surface area (Å²) >= 11 is 0. The van der Waals surface area contributed by atoms with Crippen molar-refractivity contribution in [1.29, 1.82) is 0 Å². The maximum Gasteiger partial charge on any atom is 0.308 e. The summed E-state index contributed by atoms with van der Waals surface area (Å²) in [6.45, 7) is 11.4. The Morgan fingerprint density at radius 2 is 1.91 bits per heavy atom. The summed E-state index contributed by atoms with van der Waals surface area (Å²) in [5.41, 5.74) is 2.16. The highest BCUT2D eigenvalue weighted by atomic mass is 16.5. The summed E-state index contributed by atoms with van der Waals surface area (Å²) in [5, 5.41) is 1.13. The van der Waals surface area contributed by atoms with Crippen LogP contribution in [0.3, 0.4) is 0 Å². The fourth-order valence-electron chi connectivity index (χ4n) is 2.99. The maximum atomic E-state index is 11.2. The van der Waals surface area contributed by atoms with Crippen LogP contribution in [0.5, 0.6) is 5.75 Å². The smallest absolute Gasteiger partial charge is 0.308 e. The summed E-state index contributed by atoms with van der Waals surface area (Å²) in [4.78, 5) is 16.9. The normalized spacial score (nSPS) is 11.8. The number of carbonyl (C=O) groups is 1. The lowest BCUT2D eigenvalue weighted by atomic mass is 10.1. The number of para-hydroxylation sites is 1. The molecular formula is C18H26N2O2. The Balaban J connectivity index is 2.21. The molecule has 4 nitrogen and oxygen atoms in total. The predicted octanol–water partition coefficient (Wildman–Crippen LogP) is 3.75.